The van der Waals surface area contributed by atoms with Crippen LogP contribution < -0.4 is 23.7 Å². The molecule has 0 amide bonds. The zero-order valence-corrected chi connectivity index (χ0v) is 19.6. The second-order valence-corrected chi connectivity index (χ2v) is 7.72. The summed E-state index contributed by atoms with van der Waals surface area (Å²) in [7, 11) is 4.55. The van der Waals surface area contributed by atoms with Crippen molar-refractivity contribution in [1.82, 2.24) is 0 Å². The predicted octanol–water partition coefficient (Wildman–Crippen LogP) is 5.16. The Bertz CT molecular complexity index is 1300. The molecule has 0 aromatic heterocycles. The van der Waals surface area contributed by atoms with Gasteiger partial charge in [-0.25, -0.2) is 4.79 Å². The Morgan fingerprint density at radius 2 is 1.59 bits per heavy atom. The SMILES string of the molecule is COc1cc(/C=C2\Oc3c(ccc(OC(=O)c4cccc(C)c4)c3C)C2=O)cc(OC)c1OC. The summed E-state index contributed by atoms with van der Waals surface area (Å²) in [4.78, 5) is 25.6. The Labute approximate surface area is 197 Å². The Hall–Kier alpha value is -4.26. The Morgan fingerprint density at radius 1 is 0.882 bits per heavy atom. The molecule has 1 aliphatic rings. The van der Waals surface area contributed by atoms with E-state index in [4.69, 9.17) is 23.7 Å². The summed E-state index contributed by atoms with van der Waals surface area (Å²) in [5.41, 5.74) is 2.98. The quantitative estimate of drug-likeness (QED) is 0.285. The van der Waals surface area contributed by atoms with Gasteiger partial charge in [-0.15, -0.1) is 0 Å². The molecule has 0 atom stereocenters. The molecule has 3 aromatic carbocycles. The number of ketones is 1. The number of carbonyl (C=O) groups excluding carboxylic acids is 2. The van der Waals surface area contributed by atoms with E-state index in [0.29, 0.717) is 51.0 Å². The predicted molar refractivity (Wildman–Crippen MR) is 126 cm³/mol. The van der Waals surface area contributed by atoms with Gasteiger partial charge in [0.25, 0.3) is 0 Å². The summed E-state index contributed by atoms with van der Waals surface area (Å²) in [5, 5.41) is 0. The van der Waals surface area contributed by atoms with Gasteiger partial charge in [0.1, 0.15) is 11.5 Å². The maximum absolute atomic E-state index is 13.0. The van der Waals surface area contributed by atoms with E-state index in [2.05, 4.69) is 0 Å². The minimum absolute atomic E-state index is 0.134. The van der Waals surface area contributed by atoms with Crippen molar-refractivity contribution in [2.45, 2.75) is 13.8 Å². The highest BCUT2D eigenvalue weighted by atomic mass is 16.5. The first-order valence-corrected chi connectivity index (χ1v) is 10.5. The lowest BCUT2D eigenvalue weighted by molar-refractivity contribution is 0.0733. The van der Waals surface area contributed by atoms with Gasteiger partial charge in [-0.1, -0.05) is 17.7 Å². The monoisotopic (exact) mass is 460 g/mol. The van der Waals surface area contributed by atoms with Gasteiger partial charge >= 0.3 is 5.97 Å². The summed E-state index contributed by atoms with van der Waals surface area (Å²) in [6.45, 7) is 3.64. The number of hydrogen-bond acceptors (Lipinski definition) is 7. The fourth-order valence-electron chi connectivity index (χ4n) is 3.75. The third-order valence-corrected chi connectivity index (χ3v) is 5.48. The fraction of sp³-hybridized carbons (Fsp3) is 0.185. The molecular weight excluding hydrogens is 436 g/mol. The zero-order chi connectivity index (χ0) is 24.4. The van der Waals surface area contributed by atoms with Crippen LogP contribution in [-0.4, -0.2) is 33.1 Å². The molecule has 1 aliphatic heterocycles. The van der Waals surface area contributed by atoms with Crippen LogP contribution in [0.3, 0.4) is 0 Å². The third-order valence-electron chi connectivity index (χ3n) is 5.48. The number of aryl methyl sites for hydroxylation is 1. The highest BCUT2D eigenvalue weighted by molar-refractivity contribution is 6.15. The highest BCUT2D eigenvalue weighted by Crippen LogP contribution is 2.42. The molecule has 0 spiro atoms. The molecular formula is C27H24O7. The average molecular weight is 460 g/mol. The van der Waals surface area contributed by atoms with E-state index in [-0.39, 0.29) is 11.5 Å². The largest absolute Gasteiger partial charge is 0.493 e. The minimum Gasteiger partial charge on any atom is -0.493 e. The van der Waals surface area contributed by atoms with Crippen molar-refractivity contribution in [3.8, 4) is 28.7 Å². The maximum atomic E-state index is 13.0. The van der Waals surface area contributed by atoms with E-state index in [0.717, 1.165) is 5.56 Å². The van der Waals surface area contributed by atoms with E-state index in [1.165, 1.54) is 21.3 Å². The van der Waals surface area contributed by atoms with Crippen LogP contribution in [0.5, 0.6) is 28.7 Å². The van der Waals surface area contributed by atoms with E-state index < -0.39 is 5.97 Å². The lowest BCUT2D eigenvalue weighted by Crippen LogP contribution is -2.09. The van der Waals surface area contributed by atoms with E-state index in [9.17, 15) is 9.59 Å². The molecule has 7 heteroatoms. The minimum atomic E-state index is -0.482. The van der Waals surface area contributed by atoms with Gasteiger partial charge in [0.2, 0.25) is 11.5 Å². The number of fused-ring (bicyclic) bond motifs is 1. The second-order valence-electron chi connectivity index (χ2n) is 7.72. The van der Waals surface area contributed by atoms with Crippen LogP contribution in [0.1, 0.15) is 37.4 Å². The first kappa shape index (κ1) is 22.9. The van der Waals surface area contributed by atoms with Crippen molar-refractivity contribution < 1.29 is 33.3 Å². The van der Waals surface area contributed by atoms with Gasteiger partial charge < -0.3 is 23.7 Å². The molecule has 3 aromatic rings. The number of carbonyl (C=O) groups is 2. The lowest BCUT2D eigenvalue weighted by atomic mass is 10.1. The lowest BCUT2D eigenvalue weighted by Gasteiger charge is -2.13. The molecule has 0 saturated carbocycles. The van der Waals surface area contributed by atoms with Crippen molar-refractivity contribution in [1.29, 1.82) is 0 Å². The summed E-state index contributed by atoms with van der Waals surface area (Å²) in [5.74, 6) is 1.42. The van der Waals surface area contributed by atoms with Crippen molar-refractivity contribution >= 4 is 17.8 Å². The van der Waals surface area contributed by atoms with Crippen molar-refractivity contribution in [2.24, 2.45) is 0 Å². The van der Waals surface area contributed by atoms with Crippen LogP contribution >= 0.6 is 0 Å². The van der Waals surface area contributed by atoms with Gasteiger partial charge in [0, 0.05) is 5.56 Å². The molecule has 34 heavy (non-hydrogen) atoms. The molecule has 7 nitrogen and oxygen atoms in total. The first-order chi connectivity index (χ1) is 16.4. The Kier molecular flexibility index (Phi) is 6.27. The van der Waals surface area contributed by atoms with Gasteiger partial charge in [-0.05, 0) is 61.9 Å². The van der Waals surface area contributed by atoms with Crippen LogP contribution in [0.4, 0.5) is 0 Å². The Balaban J connectivity index is 1.64. The molecule has 1 heterocycles. The van der Waals surface area contributed by atoms with Gasteiger partial charge in [-0.3, -0.25) is 4.79 Å². The standard InChI is InChI=1S/C27H24O7/c1-15-7-6-8-18(11-15)27(29)34-20-10-9-19-24(28)21(33-25(19)16(20)2)12-17-13-22(30-3)26(32-5)23(14-17)31-4/h6-14H,1-5H3/b21-12-. The summed E-state index contributed by atoms with van der Waals surface area (Å²) in [6.07, 6.45) is 1.60. The molecule has 0 unspecified atom stereocenters. The van der Waals surface area contributed by atoms with Crippen molar-refractivity contribution in [3.63, 3.8) is 0 Å². The van der Waals surface area contributed by atoms with Crippen LogP contribution in [-0.2, 0) is 0 Å². The summed E-state index contributed by atoms with van der Waals surface area (Å²) in [6, 6.07) is 13.8. The average Bonchev–Trinajstić information content (AvgIpc) is 3.15. The molecule has 0 radical (unpaired) electrons. The number of Topliss-reactive ketones (excluding diaryl/α,β-unsaturated/α-hetero) is 1. The fourth-order valence-corrected chi connectivity index (χ4v) is 3.75. The van der Waals surface area contributed by atoms with Crippen molar-refractivity contribution in [3.05, 3.63) is 82.1 Å². The normalized spacial score (nSPS) is 13.3. The van der Waals surface area contributed by atoms with Gasteiger partial charge in [-0.2, -0.15) is 0 Å². The van der Waals surface area contributed by atoms with E-state index in [1.54, 1.807) is 55.5 Å². The molecule has 0 saturated heterocycles. The second kappa shape index (κ2) is 9.31. The topological polar surface area (TPSA) is 80.3 Å². The summed E-state index contributed by atoms with van der Waals surface area (Å²) >= 11 is 0. The molecule has 0 bridgehead atoms. The van der Waals surface area contributed by atoms with Crippen molar-refractivity contribution in [2.75, 3.05) is 21.3 Å². The third kappa shape index (κ3) is 4.20. The number of hydrogen-bond donors (Lipinski definition) is 0. The molecule has 4 rings (SSSR count). The number of ether oxygens (including phenoxy) is 5. The molecule has 174 valence electrons. The molecule has 0 fully saturated rings. The first-order valence-electron chi connectivity index (χ1n) is 10.5. The number of methoxy groups -OCH3 is 3. The molecule has 0 aliphatic carbocycles. The van der Waals surface area contributed by atoms with E-state index >= 15 is 0 Å². The molecule has 0 N–H and O–H groups in total. The van der Waals surface area contributed by atoms with Gasteiger partial charge in [0.15, 0.2) is 17.3 Å². The number of benzene rings is 3. The highest BCUT2D eigenvalue weighted by Gasteiger charge is 2.31. The van der Waals surface area contributed by atoms with Gasteiger partial charge in [0.05, 0.1) is 32.5 Å². The number of esters is 1. The van der Waals surface area contributed by atoms with E-state index in [1.807, 2.05) is 13.0 Å². The maximum Gasteiger partial charge on any atom is 0.343 e. The van der Waals surface area contributed by atoms with Crippen LogP contribution in [0.25, 0.3) is 6.08 Å². The van der Waals surface area contributed by atoms with Crippen LogP contribution in [0.15, 0.2) is 54.3 Å². The van der Waals surface area contributed by atoms with Crippen LogP contribution in [0.2, 0.25) is 0 Å². The van der Waals surface area contributed by atoms with Crippen LogP contribution in [0, 0.1) is 13.8 Å². The Morgan fingerprint density at radius 3 is 2.21 bits per heavy atom. The zero-order valence-electron chi connectivity index (χ0n) is 19.6. The number of allylic oxidation sites excluding steroid dienone is 1. The smallest absolute Gasteiger partial charge is 0.343 e. The summed E-state index contributed by atoms with van der Waals surface area (Å²) < 4.78 is 27.6. The number of rotatable bonds is 6.